The first-order valence-corrected chi connectivity index (χ1v) is 25.9. The van der Waals surface area contributed by atoms with E-state index in [1.54, 1.807) is 0 Å². The van der Waals surface area contributed by atoms with E-state index in [4.69, 9.17) is 0 Å². The molecule has 0 fully saturated rings. The molecule has 6 aromatic carbocycles. The monoisotopic (exact) mass is 910 g/mol. The Balaban J connectivity index is 1.19. The Morgan fingerprint density at radius 1 is 0.348 bits per heavy atom. The van der Waals surface area contributed by atoms with Gasteiger partial charge in [0.15, 0.2) is 0 Å². The Kier molecular flexibility index (Phi) is 12.3. The number of unbranched alkanes of at least 4 members (excludes halogenated alkanes) is 3. The summed E-state index contributed by atoms with van der Waals surface area (Å²) in [6.07, 6.45) is 4.79. The van der Waals surface area contributed by atoms with Gasteiger partial charge >= 0.3 is 0 Å². The lowest BCUT2D eigenvalue weighted by Gasteiger charge is -2.20. The van der Waals surface area contributed by atoms with Crippen LogP contribution in [0.2, 0.25) is 0 Å². The molecule has 3 heterocycles. The van der Waals surface area contributed by atoms with Crippen molar-refractivity contribution in [2.45, 2.75) is 171 Å². The van der Waals surface area contributed by atoms with Gasteiger partial charge in [-0.05, 0) is 137 Å². The van der Waals surface area contributed by atoms with Crippen molar-refractivity contribution in [1.29, 1.82) is 0 Å². The number of aryl methyl sites for hydroxylation is 3. The van der Waals surface area contributed by atoms with Crippen LogP contribution in [-0.2, 0) is 41.3 Å². The van der Waals surface area contributed by atoms with Crippen LogP contribution < -0.4 is 0 Å². The van der Waals surface area contributed by atoms with Gasteiger partial charge in [0.2, 0.25) is 0 Å². The highest BCUT2D eigenvalue weighted by molar-refractivity contribution is 6.12. The van der Waals surface area contributed by atoms with E-state index in [0.29, 0.717) is 0 Å². The summed E-state index contributed by atoms with van der Waals surface area (Å²) in [6.45, 7) is 37.2. The Morgan fingerprint density at radius 3 is 1.13 bits per heavy atom. The molecule has 0 unspecified atom stereocenters. The maximum Gasteiger partial charge on any atom is 0.0650 e. The maximum atomic E-state index is 3.77. The molecule has 0 aliphatic carbocycles. The van der Waals surface area contributed by atoms with Crippen LogP contribution >= 0.6 is 0 Å². The van der Waals surface area contributed by atoms with Crippen LogP contribution in [0.25, 0.3) is 65.4 Å². The molecule has 0 aliphatic rings. The molecule has 9 rings (SSSR count). The third-order valence-electron chi connectivity index (χ3n) is 14.8. The van der Waals surface area contributed by atoms with Crippen molar-refractivity contribution in [2.24, 2.45) is 0 Å². The maximum absolute atomic E-state index is 3.77. The molecule has 3 aromatic heterocycles. The van der Waals surface area contributed by atoms with Gasteiger partial charge in [-0.3, -0.25) is 0 Å². The summed E-state index contributed by atoms with van der Waals surface area (Å²) >= 11 is 0. The van der Waals surface area contributed by atoms with E-state index in [1.807, 2.05) is 0 Å². The summed E-state index contributed by atoms with van der Waals surface area (Å²) in [5.41, 5.74) is 17.2. The topological polar surface area (TPSA) is 14.8 Å². The van der Waals surface area contributed by atoms with Gasteiger partial charge in [-0.15, -0.1) is 0 Å². The average Bonchev–Trinajstić information content (AvgIpc) is 3.91. The largest absolute Gasteiger partial charge is 0.340 e. The van der Waals surface area contributed by atoms with Crippen molar-refractivity contribution in [1.82, 2.24) is 13.7 Å². The molecule has 0 spiro atoms. The number of benzene rings is 6. The third kappa shape index (κ3) is 8.89. The normalized spacial score (nSPS) is 12.7. The van der Waals surface area contributed by atoms with Crippen LogP contribution in [-0.4, -0.2) is 13.7 Å². The molecular formula is C66H75N3. The number of rotatable bonds is 7. The van der Waals surface area contributed by atoms with Crippen LogP contribution in [0.3, 0.4) is 0 Å². The molecular weight excluding hydrogens is 835 g/mol. The molecule has 0 radical (unpaired) electrons. The molecule has 0 aliphatic heterocycles. The Morgan fingerprint density at radius 2 is 0.754 bits per heavy atom. The summed E-state index contributed by atoms with van der Waals surface area (Å²) < 4.78 is 7.50. The summed E-state index contributed by atoms with van der Waals surface area (Å²) in [4.78, 5) is 0. The molecule has 69 heavy (non-hydrogen) atoms. The number of fused-ring (bicyclic) bond motifs is 9. The van der Waals surface area contributed by atoms with E-state index in [0.717, 1.165) is 48.3 Å². The van der Waals surface area contributed by atoms with Crippen molar-refractivity contribution in [2.75, 3.05) is 0 Å². The molecule has 3 nitrogen and oxygen atoms in total. The van der Waals surface area contributed by atoms with Crippen molar-refractivity contribution in [3.05, 3.63) is 142 Å². The van der Waals surface area contributed by atoms with E-state index in [1.165, 1.54) is 107 Å². The van der Waals surface area contributed by atoms with E-state index in [2.05, 4.69) is 238 Å². The smallest absolute Gasteiger partial charge is 0.0650 e. The Hall–Kier alpha value is -6.16. The molecule has 0 bridgehead atoms. The highest BCUT2D eigenvalue weighted by atomic mass is 15.0. The highest BCUT2D eigenvalue weighted by Gasteiger charge is 2.24. The molecule has 0 atom stereocenters. The minimum Gasteiger partial charge on any atom is -0.340 e. The zero-order chi connectivity index (χ0) is 49.4. The fraction of sp³-hybridized carbons (Fsp3) is 0.394. The fourth-order valence-corrected chi connectivity index (χ4v) is 10.6. The van der Waals surface area contributed by atoms with E-state index < -0.39 is 0 Å². The first-order valence-electron chi connectivity index (χ1n) is 25.9. The first kappa shape index (κ1) is 47.9. The lowest BCUT2D eigenvalue weighted by molar-refractivity contribution is 0.590. The summed E-state index contributed by atoms with van der Waals surface area (Å²) in [6, 6.07) is 37.4. The van der Waals surface area contributed by atoms with E-state index in [-0.39, 0.29) is 21.7 Å². The summed E-state index contributed by atoms with van der Waals surface area (Å²) in [5.74, 6) is 15.0. The number of nitrogens with zero attached hydrogens (tertiary/aromatic N) is 3. The molecule has 0 saturated heterocycles. The molecule has 0 amide bonds. The second-order valence-corrected chi connectivity index (χ2v) is 24.0. The van der Waals surface area contributed by atoms with Crippen molar-refractivity contribution in [3.8, 4) is 23.7 Å². The molecule has 9 aromatic rings. The SMILES string of the molecule is CCCCCCn1c2cc(C#Cc3cc(C(C)(C)C)cc4c5cc(C(C)(C)C)ccc5n(CC)c34)ccc2c2ccc(C#Cc3cc(C(C)(C)C)cc4c5cc(C(C)(C)C)ccc5n(CC)c34)cc21. The molecule has 3 heteroatoms. The van der Waals surface area contributed by atoms with Gasteiger partial charge < -0.3 is 13.7 Å². The van der Waals surface area contributed by atoms with Crippen LogP contribution in [0, 0.1) is 23.7 Å². The Labute approximate surface area is 413 Å². The van der Waals surface area contributed by atoms with Crippen molar-refractivity contribution >= 4 is 65.4 Å². The number of hydrogen-bond donors (Lipinski definition) is 0. The lowest BCUT2D eigenvalue weighted by atomic mass is 9.84. The quantitative estimate of drug-likeness (QED) is 0.112. The van der Waals surface area contributed by atoms with E-state index >= 15 is 0 Å². The Bertz CT molecular complexity index is 3360. The molecule has 0 N–H and O–H groups in total. The van der Waals surface area contributed by atoms with Gasteiger partial charge in [0.25, 0.3) is 0 Å². The van der Waals surface area contributed by atoms with Crippen LogP contribution in [0.5, 0.6) is 0 Å². The van der Waals surface area contributed by atoms with Gasteiger partial charge in [-0.1, -0.05) is 157 Å². The highest BCUT2D eigenvalue weighted by Crippen LogP contribution is 2.40. The predicted octanol–water partition coefficient (Wildman–Crippen LogP) is 17.6. The second-order valence-electron chi connectivity index (χ2n) is 24.0. The minimum atomic E-state index is -0.0254. The van der Waals surface area contributed by atoms with Gasteiger partial charge in [-0.2, -0.15) is 0 Å². The molecule has 354 valence electrons. The number of hydrogen-bond acceptors (Lipinski definition) is 0. The molecule has 0 saturated carbocycles. The van der Waals surface area contributed by atoms with Crippen molar-refractivity contribution in [3.63, 3.8) is 0 Å². The van der Waals surface area contributed by atoms with Crippen LogP contribution in [0.4, 0.5) is 0 Å². The third-order valence-corrected chi connectivity index (χ3v) is 14.8. The zero-order valence-electron chi connectivity index (χ0n) is 44.5. The van der Waals surface area contributed by atoms with E-state index in [9.17, 15) is 0 Å². The van der Waals surface area contributed by atoms with Crippen LogP contribution in [0.15, 0.2) is 97.1 Å². The zero-order valence-corrected chi connectivity index (χ0v) is 44.5. The first-order chi connectivity index (χ1) is 32.6. The number of aromatic nitrogens is 3. The van der Waals surface area contributed by atoms with Gasteiger partial charge in [0.1, 0.15) is 0 Å². The lowest BCUT2D eigenvalue weighted by Crippen LogP contribution is -2.11. The predicted molar refractivity (Wildman–Crippen MR) is 301 cm³/mol. The van der Waals surface area contributed by atoms with Gasteiger partial charge in [-0.25, -0.2) is 0 Å². The van der Waals surface area contributed by atoms with Crippen LogP contribution in [0.1, 0.15) is 174 Å². The van der Waals surface area contributed by atoms with Gasteiger partial charge in [0.05, 0.1) is 22.1 Å². The van der Waals surface area contributed by atoms with Crippen molar-refractivity contribution < 1.29 is 0 Å². The fourth-order valence-electron chi connectivity index (χ4n) is 10.6. The second kappa shape index (κ2) is 17.7. The summed E-state index contributed by atoms with van der Waals surface area (Å²) in [7, 11) is 0. The summed E-state index contributed by atoms with van der Waals surface area (Å²) in [5, 5.41) is 7.76. The minimum absolute atomic E-state index is 0.0254. The average molecular weight is 910 g/mol. The van der Waals surface area contributed by atoms with Gasteiger partial charge in [0, 0.05) is 85.2 Å². The standard InChI is InChI=1S/C66H75N3/c1-16-19-20-21-34-69-59-35-43(22-26-45-37-49(65(10,11)12)41-55-53-39-47(63(4,5)6)28-32-57(53)67(17-2)61(45)55)24-30-51(59)52-31-25-44(36-60(52)69)23-27-46-38-50(66(13,14)15)42-56-54-40-48(64(7,8)9)29-33-58(54)68(18-3)62(46)56/h24-25,28-33,35-42H,16-21,34H2,1-15H3.